The van der Waals surface area contributed by atoms with Gasteiger partial charge in [0.05, 0.1) is 6.10 Å². The van der Waals surface area contributed by atoms with Gasteiger partial charge in [-0.15, -0.1) is 0 Å². The number of rotatable bonds is 7. The summed E-state index contributed by atoms with van der Waals surface area (Å²) in [6.07, 6.45) is 0.0443. The molecule has 3 aliphatic rings. The SMILES string of the molecule is CCN1CCC(Oc2ccc3c(c2)N(C)CCN(C[C@H](O)CN2CCc4ccccc4C2)C3)C(F)C1. The Labute approximate surface area is 215 Å². The summed E-state index contributed by atoms with van der Waals surface area (Å²) in [6, 6.07) is 14.8. The van der Waals surface area contributed by atoms with Gasteiger partial charge < -0.3 is 19.6 Å². The number of likely N-dealkylation sites (N-methyl/N-ethyl adjacent to an activating group) is 1. The van der Waals surface area contributed by atoms with E-state index in [0.29, 0.717) is 19.6 Å². The Morgan fingerprint density at radius 1 is 0.944 bits per heavy atom. The van der Waals surface area contributed by atoms with E-state index >= 15 is 0 Å². The van der Waals surface area contributed by atoms with Crippen molar-refractivity contribution < 1.29 is 14.2 Å². The molecule has 3 atom stereocenters. The minimum absolute atomic E-state index is 0.379. The number of piperidine rings is 1. The Hall–Kier alpha value is -2.19. The number of hydrogen-bond acceptors (Lipinski definition) is 6. The van der Waals surface area contributed by atoms with E-state index in [2.05, 4.69) is 70.0 Å². The highest BCUT2D eigenvalue weighted by atomic mass is 19.1. The van der Waals surface area contributed by atoms with E-state index in [4.69, 9.17) is 4.74 Å². The molecule has 1 saturated heterocycles. The number of fused-ring (bicyclic) bond motifs is 2. The minimum Gasteiger partial charge on any atom is -0.487 e. The highest BCUT2D eigenvalue weighted by molar-refractivity contribution is 5.57. The summed E-state index contributed by atoms with van der Waals surface area (Å²) in [7, 11) is 2.10. The maximum atomic E-state index is 14.7. The lowest BCUT2D eigenvalue weighted by atomic mass is 10.00. The molecule has 0 saturated carbocycles. The molecule has 36 heavy (non-hydrogen) atoms. The third-order valence-corrected chi connectivity index (χ3v) is 8.06. The van der Waals surface area contributed by atoms with Crippen molar-refractivity contribution in [3.63, 3.8) is 0 Å². The first kappa shape index (κ1) is 25.5. The second-order valence-corrected chi connectivity index (χ2v) is 10.7. The second-order valence-electron chi connectivity index (χ2n) is 10.7. The number of benzene rings is 2. The van der Waals surface area contributed by atoms with Crippen molar-refractivity contribution in [2.75, 3.05) is 64.3 Å². The second kappa shape index (κ2) is 11.5. The number of hydrogen-bond donors (Lipinski definition) is 1. The lowest BCUT2D eigenvalue weighted by Crippen LogP contribution is -2.46. The minimum atomic E-state index is -0.958. The van der Waals surface area contributed by atoms with Crippen LogP contribution in [0.4, 0.5) is 10.1 Å². The van der Waals surface area contributed by atoms with Crippen molar-refractivity contribution in [3.8, 4) is 5.75 Å². The molecule has 3 heterocycles. The highest BCUT2D eigenvalue weighted by Gasteiger charge is 2.30. The van der Waals surface area contributed by atoms with Crippen LogP contribution >= 0.6 is 0 Å². The van der Waals surface area contributed by atoms with Crippen LogP contribution in [-0.2, 0) is 19.5 Å². The van der Waals surface area contributed by atoms with Gasteiger partial charge in [0.25, 0.3) is 0 Å². The summed E-state index contributed by atoms with van der Waals surface area (Å²) in [5.74, 6) is 0.747. The number of β-amino-alcohol motifs (C(OH)–C–C–N with tert-alkyl or cyclic N) is 1. The predicted molar refractivity (Wildman–Crippen MR) is 142 cm³/mol. The average Bonchev–Trinajstić information content (AvgIpc) is 3.03. The molecule has 0 aliphatic carbocycles. The molecule has 0 spiro atoms. The van der Waals surface area contributed by atoms with Crippen molar-refractivity contribution in [2.24, 2.45) is 0 Å². The summed E-state index contributed by atoms with van der Waals surface area (Å²) < 4.78 is 20.8. The molecule has 6 nitrogen and oxygen atoms in total. The van der Waals surface area contributed by atoms with Gasteiger partial charge in [0.2, 0.25) is 0 Å². The van der Waals surface area contributed by atoms with Crippen LogP contribution in [0.2, 0.25) is 0 Å². The van der Waals surface area contributed by atoms with E-state index in [1.807, 2.05) is 6.07 Å². The number of aliphatic hydroxyl groups is 1. The predicted octanol–water partition coefficient (Wildman–Crippen LogP) is 3.17. The van der Waals surface area contributed by atoms with Crippen molar-refractivity contribution in [3.05, 3.63) is 59.2 Å². The first-order valence-electron chi connectivity index (χ1n) is 13.5. The Bertz CT molecular complexity index is 1020. The number of aliphatic hydroxyl groups excluding tert-OH is 1. The van der Waals surface area contributed by atoms with Gasteiger partial charge in [-0.05, 0) is 42.1 Å². The molecule has 0 bridgehead atoms. The van der Waals surface area contributed by atoms with Crippen LogP contribution in [0.3, 0.4) is 0 Å². The summed E-state index contributed by atoms with van der Waals surface area (Å²) in [5.41, 5.74) is 5.18. The van der Waals surface area contributed by atoms with Crippen molar-refractivity contribution >= 4 is 5.69 Å². The zero-order valence-electron chi connectivity index (χ0n) is 21.8. The highest BCUT2D eigenvalue weighted by Crippen LogP contribution is 2.31. The van der Waals surface area contributed by atoms with Gasteiger partial charge in [-0.1, -0.05) is 37.3 Å². The van der Waals surface area contributed by atoms with Crippen molar-refractivity contribution in [1.29, 1.82) is 0 Å². The fourth-order valence-electron chi connectivity index (χ4n) is 5.90. The van der Waals surface area contributed by atoms with E-state index in [-0.39, 0.29) is 12.2 Å². The summed E-state index contributed by atoms with van der Waals surface area (Å²) in [6.45, 7) is 10.1. The fourth-order valence-corrected chi connectivity index (χ4v) is 5.90. The van der Waals surface area contributed by atoms with Crippen LogP contribution in [0.5, 0.6) is 5.75 Å². The topological polar surface area (TPSA) is 42.4 Å². The molecule has 5 rings (SSSR count). The number of alkyl halides is 1. The molecule has 0 aromatic heterocycles. The van der Waals surface area contributed by atoms with Gasteiger partial charge in [0.1, 0.15) is 18.0 Å². The molecule has 2 aromatic carbocycles. The molecule has 196 valence electrons. The summed E-state index contributed by atoms with van der Waals surface area (Å²) in [5, 5.41) is 10.9. The Morgan fingerprint density at radius 3 is 2.47 bits per heavy atom. The molecule has 1 fully saturated rings. The number of ether oxygens (including phenoxy) is 1. The molecule has 1 N–H and O–H groups in total. The van der Waals surface area contributed by atoms with Crippen molar-refractivity contribution in [2.45, 2.75) is 51.2 Å². The first-order valence-corrected chi connectivity index (χ1v) is 13.5. The number of halogens is 1. The largest absolute Gasteiger partial charge is 0.487 e. The quantitative estimate of drug-likeness (QED) is 0.635. The standard InChI is InChI=1S/C29H41FN4O2/c1-3-32-13-11-29(27(30)21-32)36-26-9-8-24-18-34(15-14-31(2)28(24)16-26)20-25(35)19-33-12-10-22-6-4-5-7-23(22)17-33/h4-9,16,25,27,29,35H,3,10-15,17-21H2,1-2H3/t25-,27?,29?/m1/s1. The van der Waals surface area contributed by atoms with E-state index < -0.39 is 6.17 Å². The molecule has 2 unspecified atom stereocenters. The molecule has 3 aliphatic heterocycles. The molecular formula is C29H41FN4O2. The number of nitrogens with zero attached hydrogens (tertiary/aromatic N) is 4. The van der Waals surface area contributed by atoms with E-state index in [0.717, 1.165) is 70.1 Å². The van der Waals surface area contributed by atoms with Gasteiger partial charge in [0.15, 0.2) is 0 Å². The summed E-state index contributed by atoms with van der Waals surface area (Å²) >= 11 is 0. The Kier molecular flexibility index (Phi) is 8.11. The Balaban J connectivity index is 1.17. The maximum Gasteiger partial charge on any atom is 0.149 e. The third-order valence-electron chi connectivity index (χ3n) is 8.06. The maximum absolute atomic E-state index is 14.7. The molecule has 0 amide bonds. The monoisotopic (exact) mass is 496 g/mol. The lowest BCUT2D eigenvalue weighted by molar-refractivity contribution is 0.0240. The zero-order valence-corrected chi connectivity index (χ0v) is 21.8. The number of anilines is 1. The number of likely N-dealkylation sites (tertiary alicyclic amines) is 1. The zero-order chi connectivity index (χ0) is 25.1. The molecule has 0 radical (unpaired) electrons. The van der Waals surface area contributed by atoms with Gasteiger partial charge in [0, 0.05) is 77.7 Å². The van der Waals surface area contributed by atoms with Crippen LogP contribution in [0, 0.1) is 0 Å². The van der Waals surface area contributed by atoms with E-state index in [1.165, 1.54) is 16.7 Å². The van der Waals surface area contributed by atoms with Crippen molar-refractivity contribution in [1.82, 2.24) is 14.7 Å². The van der Waals surface area contributed by atoms with Crippen LogP contribution in [0.25, 0.3) is 0 Å². The van der Waals surface area contributed by atoms with Gasteiger partial charge >= 0.3 is 0 Å². The summed E-state index contributed by atoms with van der Waals surface area (Å²) in [4.78, 5) is 9.12. The van der Waals surface area contributed by atoms with Crippen LogP contribution < -0.4 is 9.64 Å². The first-order chi connectivity index (χ1) is 17.5. The van der Waals surface area contributed by atoms with E-state index in [9.17, 15) is 9.50 Å². The third kappa shape index (κ3) is 6.02. The van der Waals surface area contributed by atoms with Crippen LogP contribution in [0.1, 0.15) is 30.0 Å². The van der Waals surface area contributed by atoms with Gasteiger partial charge in [-0.2, -0.15) is 0 Å². The fraction of sp³-hybridized carbons (Fsp3) is 0.586. The molecule has 2 aromatic rings. The van der Waals surface area contributed by atoms with Crippen LogP contribution in [0.15, 0.2) is 42.5 Å². The normalized spacial score (nSPS) is 24.6. The molecular weight excluding hydrogens is 455 g/mol. The Morgan fingerprint density at radius 2 is 1.69 bits per heavy atom. The smallest absolute Gasteiger partial charge is 0.149 e. The van der Waals surface area contributed by atoms with Gasteiger partial charge in [-0.25, -0.2) is 4.39 Å². The van der Waals surface area contributed by atoms with E-state index in [1.54, 1.807) is 0 Å². The van der Waals surface area contributed by atoms with Gasteiger partial charge in [-0.3, -0.25) is 9.80 Å². The van der Waals surface area contributed by atoms with Crippen LogP contribution in [-0.4, -0.2) is 97.6 Å². The average molecular weight is 497 g/mol. The molecule has 7 heteroatoms. The lowest BCUT2D eigenvalue weighted by Gasteiger charge is -2.34.